The Morgan fingerprint density at radius 3 is 2.62 bits per heavy atom. The summed E-state index contributed by atoms with van der Waals surface area (Å²) in [6.07, 6.45) is 1.98. The van der Waals surface area contributed by atoms with Gasteiger partial charge in [-0.15, -0.1) is 0 Å². The van der Waals surface area contributed by atoms with Crippen LogP contribution in [-0.4, -0.2) is 16.1 Å². The standard InChI is InChI=1S/C17H13NO3/c19-17(20)15-14(11-6-7-11)18-16(21-15)13-8-5-10-3-1-2-4-12(10)9-13/h1-5,8-9,11H,6-7H2,(H,19,20). The third kappa shape index (κ3) is 2.09. The Kier molecular flexibility index (Phi) is 2.57. The molecule has 21 heavy (non-hydrogen) atoms. The van der Waals surface area contributed by atoms with E-state index in [1.165, 1.54) is 0 Å². The molecule has 2 aromatic carbocycles. The molecule has 104 valence electrons. The van der Waals surface area contributed by atoms with Crippen LogP contribution in [0, 0.1) is 0 Å². The first-order valence-corrected chi connectivity index (χ1v) is 6.95. The first kappa shape index (κ1) is 12.1. The highest BCUT2D eigenvalue weighted by molar-refractivity contribution is 5.88. The smallest absolute Gasteiger partial charge is 0.373 e. The van der Waals surface area contributed by atoms with Crippen LogP contribution in [0.15, 0.2) is 46.9 Å². The average Bonchev–Trinajstić information content (AvgIpc) is 3.25. The summed E-state index contributed by atoms with van der Waals surface area (Å²) in [5, 5.41) is 11.5. The first-order valence-electron chi connectivity index (χ1n) is 6.95. The Labute approximate surface area is 121 Å². The van der Waals surface area contributed by atoms with E-state index < -0.39 is 5.97 Å². The van der Waals surface area contributed by atoms with E-state index in [1.807, 2.05) is 42.5 Å². The first-order chi connectivity index (χ1) is 10.2. The van der Waals surface area contributed by atoms with Crippen LogP contribution in [0.1, 0.15) is 35.0 Å². The second kappa shape index (κ2) is 4.45. The van der Waals surface area contributed by atoms with Crippen LogP contribution < -0.4 is 0 Å². The Balaban J connectivity index is 1.84. The molecule has 1 aromatic heterocycles. The minimum absolute atomic E-state index is 0.0133. The number of aromatic carboxylic acids is 1. The molecule has 1 N–H and O–H groups in total. The van der Waals surface area contributed by atoms with E-state index in [0.717, 1.165) is 29.2 Å². The molecule has 0 spiro atoms. The van der Waals surface area contributed by atoms with E-state index in [1.54, 1.807) is 0 Å². The summed E-state index contributed by atoms with van der Waals surface area (Å²) < 4.78 is 5.50. The fourth-order valence-corrected chi connectivity index (χ4v) is 2.56. The number of carboxylic acid groups (broad SMARTS) is 1. The number of benzene rings is 2. The van der Waals surface area contributed by atoms with Gasteiger partial charge >= 0.3 is 5.97 Å². The van der Waals surface area contributed by atoms with Crippen LogP contribution in [0.4, 0.5) is 0 Å². The highest BCUT2D eigenvalue weighted by Gasteiger charge is 2.33. The van der Waals surface area contributed by atoms with Gasteiger partial charge in [-0.25, -0.2) is 9.78 Å². The summed E-state index contributed by atoms with van der Waals surface area (Å²) in [5.74, 6) is -0.425. The molecule has 1 saturated carbocycles. The van der Waals surface area contributed by atoms with Gasteiger partial charge in [-0.1, -0.05) is 30.3 Å². The number of carboxylic acids is 1. The van der Waals surface area contributed by atoms with Crippen LogP contribution in [0.25, 0.3) is 22.2 Å². The number of hydrogen-bond acceptors (Lipinski definition) is 3. The maximum Gasteiger partial charge on any atom is 0.373 e. The van der Waals surface area contributed by atoms with E-state index in [0.29, 0.717) is 11.6 Å². The van der Waals surface area contributed by atoms with Crippen LogP contribution >= 0.6 is 0 Å². The van der Waals surface area contributed by atoms with E-state index >= 15 is 0 Å². The van der Waals surface area contributed by atoms with Crippen LogP contribution in [-0.2, 0) is 0 Å². The molecular weight excluding hydrogens is 266 g/mol. The van der Waals surface area contributed by atoms with Crippen molar-refractivity contribution in [3.63, 3.8) is 0 Å². The minimum Gasteiger partial charge on any atom is -0.475 e. The van der Waals surface area contributed by atoms with Gasteiger partial charge < -0.3 is 9.52 Å². The maximum absolute atomic E-state index is 11.3. The van der Waals surface area contributed by atoms with E-state index in [9.17, 15) is 9.90 Å². The van der Waals surface area contributed by atoms with Gasteiger partial charge in [0.25, 0.3) is 0 Å². The van der Waals surface area contributed by atoms with Crippen molar-refractivity contribution >= 4 is 16.7 Å². The lowest BCUT2D eigenvalue weighted by molar-refractivity contribution is 0.0661. The van der Waals surface area contributed by atoms with Gasteiger partial charge in [0.15, 0.2) is 0 Å². The van der Waals surface area contributed by atoms with Crippen molar-refractivity contribution in [3.05, 3.63) is 53.9 Å². The summed E-state index contributed by atoms with van der Waals surface area (Å²) in [4.78, 5) is 15.7. The predicted molar refractivity (Wildman–Crippen MR) is 78.4 cm³/mol. The SMILES string of the molecule is O=C(O)c1oc(-c2ccc3ccccc3c2)nc1C1CC1. The lowest BCUT2D eigenvalue weighted by Crippen LogP contribution is -1.98. The molecule has 4 heteroatoms. The van der Waals surface area contributed by atoms with Gasteiger partial charge in [-0.3, -0.25) is 0 Å². The van der Waals surface area contributed by atoms with Crippen molar-refractivity contribution < 1.29 is 14.3 Å². The van der Waals surface area contributed by atoms with Gasteiger partial charge in [-0.05, 0) is 35.7 Å². The largest absolute Gasteiger partial charge is 0.475 e. The van der Waals surface area contributed by atoms with Crippen LogP contribution in [0.2, 0.25) is 0 Å². The van der Waals surface area contributed by atoms with Gasteiger partial charge in [0.05, 0.1) is 5.69 Å². The minimum atomic E-state index is -1.04. The fourth-order valence-electron chi connectivity index (χ4n) is 2.56. The molecule has 1 heterocycles. The quantitative estimate of drug-likeness (QED) is 0.785. The number of hydrogen-bond donors (Lipinski definition) is 1. The highest BCUT2D eigenvalue weighted by atomic mass is 16.4. The van der Waals surface area contributed by atoms with Crippen LogP contribution in [0.5, 0.6) is 0 Å². The summed E-state index contributed by atoms with van der Waals surface area (Å²) in [6, 6.07) is 13.9. The zero-order valence-corrected chi connectivity index (χ0v) is 11.2. The van der Waals surface area contributed by atoms with Crippen molar-refractivity contribution in [2.75, 3.05) is 0 Å². The number of rotatable bonds is 3. The second-order valence-electron chi connectivity index (χ2n) is 5.37. The summed E-state index contributed by atoms with van der Waals surface area (Å²) in [6.45, 7) is 0. The normalized spacial score (nSPS) is 14.5. The Hall–Kier alpha value is -2.62. The van der Waals surface area contributed by atoms with Gasteiger partial charge in [0, 0.05) is 11.5 Å². The van der Waals surface area contributed by atoms with Crippen molar-refractivity contribution in [2.24, 2.45) is 0 Å². The molecule has 0 saturated heterocycles. The van der Waals surface area contributed by atoms with Gasteiger partial charge in [0.1, 0.15) is 0 Å². The van der Waals surface area contributed by atoms with Crippen molar-refractivity contribution in [3.8, 4) is 11.5 Å². The monoisotopic (exact) mass is 279 g/mol. The van der Waals surface area contributed by atoms with E-state index in [2.05, 4.69) is 4.98 Å². The fraction of sp³-hybridized carbons (Fsp3) is 0.176. The summed E-state index contributed by atoms with van der Waals surface area (Å²) in [7, 11) is 0. The predicted octanol–water partition coefficient (Wildman–Crippen LogP) is 4.07. The number of fused-ring (bicyclic) bond motifs is 1. The molecule has 0 bridgehead atoms. The second-order valence-corrected chi connectivity index (χ2v) is 5.37. The molecule has 0 amide bonds. The van der Waals surface area contributed by atoms with Crippen molar-refractivity contribution in [1.29, 1.82) is 0 Å². The number of nitrogens with zero attached hydrogens (tertiary/aromatic N) is 1. The molecule has 0 unspecified atom stereocenters. The molecule has 0 radical (unpaired) electrons. The lowest BCUT2D eigenvalue weighted by atomic mass is 10.1. The van der Waals surface area contributed by atoms with E-state index in [-0.39, 0.29) is 11.7 Å². The zero-order chi connectivity index (χ0) is 14.4. The summed E-state index contributed by atoms with van der Waals surface area (Å²) in [5.41, 5.74) is 1.40. The molecule has 4 rings (SSSR count). The molecule has 1 aliphatic carbocycles. The third-order valence-electron chi connectivity index (χ3n) is 3.81. The molecule has 4 nitrogen and oxygen atoms in total. The lowest BCUT2D eigenvalue weighted by Gasteiger charge is -1.99. The molecular formula is C17H13NO3. The molecule has 3 aromatic rings. The summed E-state index contributed by atoms with van der Waals surface area (Å²) >= 11 is 0. The van der Waals surface area contributed by atoms with Crippen molar-refractivity contribution in [2.45, 2.75) is 18.8 Å². The van der Waals surface area contributed by atoms with Crippen molar-refractivity contribution in [1.82, 2.24) is 4.98 Å². The molecule has 1 fully saturated rings. The number of aromatic nitrogens is 1. The number of carbonyl (C=O) groups is 1. The Morgan fingerprint density at radius 1 is 1.14 bits per heavy atom. The van der Waals surface area contributed by atoms with Crippen LogP contribution in [0.3, 0.4) is 0 Å². The molecule has 1 aliphatic rings. The molecule has 0 atom stereocenters. The van der Waals surface area contributed by atoms with E-state index in [4.69, 9.17) is 4.42 Å². The molecule has 0 aliphatic heterocycles. The Morgan fingerprint density at radius 2 is 1.90 bits per heavy atom. The van der Waals surface area contributed by atoms with Gasteiger partial charge in [-0.2, -0.15) is 0 Å². The number of oxazole rings is 1. The Bertz CT molecular complexity index is 846. The maximum atomic E-state index is 11.3. The highest BCUT2D eigenvalue weighted by Crippen LogP contribution is 2.42. The third-order valence-corrected chi connectivity index (χ3v) is 3.81. The topological polar surface area (TPSA) is 63.3 Å². The van der Waals surface area contributed by atoms with Gasteiger partial charge in [0.2, 0.25) is 11.7 Å². The average molecular weight is 279 g/mol. The zero-order valence-electron chi connectivity index (χ0n) is 11.2.